The fourth-order valence-electron chi connectivity index (χ4n) is 2.81. The Morgan fingerprint density at radius 2 is 1.85 bits per heavy atom. The van der Waals surface area contributed by atoms with Crippen molar-refractivity contribution in [1.29, 1.82) is 0 Å². The highest BCUT2D eigenvalue weighted by molar-refractivity contribution is 5.84. The number of nitrogens with one attached hydrogen (secondary N) is 1. The molecule has 0 unspecified atom stereocenters. The van der Waals surface area contributed by atoms with Crippen LogP contribution in [0.25, 0.3) is 22.2 Å². The van der Waals surface area contributed by atoms with Crippen LogP contribution in [-0.4, -0.2) is 28.3 Å². The second kappa shape index (κ2) is 4.63. The summed E-state index contributed by atoms with van der Waals surface area (Å²) < 4.78 is 0. The summed E-state index contributed by atoms with van der Waals surface area (Å²) in [5.41, 5.74) is 3.18. The molecule has 4 heteroatoms. The van der Waals surface area contributed by atoms with Gasteiger partial charge in [-0.2, -0.15) is 0 Å². The lowest BCUT2D eigenvalue weighted by Gasteiger charge is -2.15. The molecular formula is C16H16N4. The van der Waals surface area contributed by atoms with Gasteiger partial charge in [0.2, 0.25) is 0 Å². The first kappa shape index (κ1) is 11.5. The van der Waals surface area contributed by atoms with Gasteiger partial charge >= 0.3 is 0 Å². The highest BCUT2D eigenvalue weighted by Gasteiger charge is 2.13. The molecule has 1 saturated heterocycles. The van der Waals surface area contributed by atoms with E-state index in [1.54, 1.807) is 0 Å². The number of anilines is 1. The maximum absolute atomic E-state index is 4.38. The Bertz CT molecular complexity index is 724. The zero-order chi connectivity index (χ0) is 13.4. The van der Waals surface area contributed by atoms with E-state index in [4.69, 9.17) is 0 Å². The molecule has 3 aromatic rings. The summed E-state index contributed by atoms with van der Waals surface area (Å²) in [7, 11) is 0. The van der Waals surface area contributed by atoms with E-state index in [1.807, 2.05) is 6.20 Å². The van der Waals surface area contributed by atoms with Crippen LogP contribution in [0.15, 0.2) is 42.6 Å². The third-order valence-electron chi connectivity index (χ3n) is 3.93. The molecule has 20 heavy (non-hydrogen) atoms. The molecular weight excluding hydrogens is 248 g/mol. The highest BCUT2D eigenvalue weighted by Crippen LogP contribution is 2.24. The second-order valence-corrected chi connectivity index (χ2v) is 5.25. The van der Waals surface area contributed by atoms with Gasteiger partial charge in [0.05, 0.1) is 5.69 Å². The lowest BCUT2D eigenvalue weighted by Crippen LogP contribution is -2.19. The van der Waals surface area contributed by atoms with Crippen molar-refractivity contribution in [3.05, 3.63) is 42.6 Å². The molecule has 100 valence electrons. The van der Waals surface area contributed by atoms with Crippen LogP contribution in [0.4, 0.5) is 5.82 Å². The van der Waals surface area contributed by atoms with Crippen molar-refractivity contribution in [1.82, 2.24) is 15.2 Å². The first-order valence-electron chi connectivity index (χ1n) is 7.06. The highest BCUT2D eigenvalue weighted by atomic mass is 15.3. The maximum Gasteiger partial charge on any atom is 0.151 e. The van der Waals surface area contributed by atoms with Crippen molar-refractivity contribution in [2.75, 3.05) is 18.0 Å². The molecule has 4 rings (SSSR count). The Morgan fingerprint density at radius 1 is 0.950 bits per heavy atom. The largest absolute Gasteiger partial charge is 0.361 e. The van der Waals surface area contributed by atoms with E-state index in [1.165, 1.54) is 18.2 Å². The normalized spacial score (nSPS) is 15.1. The van der Waals surface area contributed by atoms with E-state index >= 15 is 0 Å². The van der Waals surface area contributed by atoms with Crippen molar-refractivity contribution in [3.63, 3.8) is 0 Å². The quantitative estimate of drug-likeness (QED) is 0.773. The average Bonchev–Trinajstić information content (AvgIpc) is 3.18. The third kappa shape index (κ3) is 1.93. The van der Waals surface area contributed by atoms with E-state index in [0.29, 0.717) is 0 Å². The zero-order valence-corrected chi connectivity index (χ0v) is 11.2. The molecule has 1 aliphatic heterocycles. The van der Waals surface area contributed by atoms with Gasteiger partial charge in [-0.3, -0.25) is 0 Å². The summed E-state index contributed by atoms with van der Waals surface area (Å²) in [6, 6.07) is 12.5. The molecule has 4 nitrogen and oxygen atoms in total. The smallest absolute Gasteiger partial charge is 0.151 e. The fraction of sp³-hybridized carbons (Fsp3) is 0.250. The Labute approximate surface area is 117 Å². The molecule has 0 spiro atoms. The van der Waals surface area contributed by atoms with Crippen molar-refractivity contribution < 1.29 is 0 Å². The van der Waals surface area contributed by atoms with Gasteiger partial charge in [-0.25, -0.2) is 0 Å². The van der Waals surface area contributed by atoms with Gasteiger partial charge in [0.15, 0.2) is 5.82 Å². The fourth-order valence-corrected chi connectivity index (χ4v) is 2.81. The van der Waals surface area contributed by atoms with Crippen molar-refractivity contribution >= 4 is 16.7 Å². The summed E-state index contributed by atoms with van der Waals surface area (Å²) >= 11 is 0. The minimum atomic E-state index is 0.927. The Balaban J connectivity index is 1.67. The molecule has 0 aliphatic carbocycles. The van der Waals surface area contributed by atoms with Crippen LogP contribution in [0, 0.1) is 0 Å². The van der Waals surface area contributed by atoms with Gasteiger partial charge < -0.3 is 9.88 Å². The molecule has 0 amide bonds. The topological polar surface area (TPSA) is 44.8 Å². The maximum atomic E-state index is 4.38. The van der Waals surface area contributed by atoms with Crippen molar-refractivity contribution in [3.8, 4) is 11.3 Å². The minimum absolute atomic E-state index is 0.927. The Kier molecular flexibility index (Phi) is 2.66. The first-order valence-corrected chi connectivity index (χ1v) is 7.06. The molecule has 2 aromatic heterocycles. The summed E-state index contributed by atoms with van der Waals surface area (Å²) in [6.45, 7) is 2.20. The predicted molar refractivity (Wildman–Crippen MR) is 80.8 cm³/mol. The molecule has 0 bridgehead atoms. The monoisotopic (exact) mass is 264 g/mol. The van der Waals surface area contributed by atoms with Crippen molar-refractivity contribution in [2.45, 2.75) is 12.8 Å². The SMILES string of the molecule is c1cc2cc(-c3ccc(N4CCCC4)nn3)ccc2[nH]1. The van der Waals surface area contributed by atoms with Crippen LogP contribution in [0.5, 0.6) is 0 Å². The standard InChI is InChI=1S/C16H16N4/c1-2-10-20(9-1)16-6-5-15(18-19-16)12-3-4-14-13(11-12)7-8-17-14/h3-8,11,17H,1-2,9-10H2. The molecule has 0 atom stereocenters. The number of benzene rings is 1. The van der Waals surface area contributed by atoms with E-state index in [-0.39, 0.29) is 0 Å². The number of nitrogens with zero attached hydrogens (tertiary/aromatic N) is 3. The number of H-pyrrole nitrogens is 1. The number of fused-ring (bicyclic) bond motifs is 1. The summed E-state index contributed by atoms with van der Waals surface area (Å²) in [5.74, 6) is 0.994. The number of aromatic amines is 1. The Hall–Kier alpha value is -2.36. The minimum Gasteiger partial charge on any atom is -0.361 e. The number of hydrogen-bond acceptors (Lipinski definition) is 3. The lowest BCUT2D eigenvalue weighted by molar-refractivity contribution is 0.896. The van der Waals surface area contributed by atoms with Crippen LogP contribution < -0.4 is 4.90 Å². The van der Waals surface area contributed by atoms with Crippen molar-refractivity contribution in [2.24, 2.45) is 0 Å². The molecule has 3 heterocycles. The van der Waals surface area contributed by atoms with Crippen LogP contribution in [0.3, 0.4) is 0 Å². The van der Waals surface area contributed by atoms with E-state index in [9.17, 15) is 0 Å². The number of hydrogen-bond donors (Lipinski definition) is 1. The van der Waals surface area contributed by atoms with Gasteiger partial charge in [0.25, 0.3) is 0 Å². The zero-order valence-electron chi connectivity index (χ0n) is 11.2. The first-order chi connectivity index (χ1) is 9.90. The van der Waals surface area contributed by atoms with Crippen LogP contribution in [0.2, 0.25) is 0 Å². The predicted octanol–water partition coefficient (Wildman–Crippen LogP) is 3.23. The average molecular weight is 264 g/mol. The second-order valence-electron chi connectivity index (χ2n) is 5.25. The van der Waals surface area contributed by atoms with Gasteiger partial charge in [0.1, 0.15) is 0 Å². The van der Waals surface area contributed by atoms with E-state index in [0.717, 1.165) is 35.7 Å². The van der Waals surface area contributed by atoms with Gasteiger partial charge in [-0.05, 0) is 43.2 Å². The van der Waals surface area contributed by atoms with Crippen LogP contribution in [-0.2, 0) is 0 Å². The summed E-state index contributed by atoms with van der Waals surface area (Å²) in [4.78, 5) is 5.50. The van der Waals surface area contributed by atoms with E-state index in [2.05, 4.69) is 56.5 Å². The van der Waals surface area contributed by atoms with E-state index < -0.39 is 0 Å². The van der Waals surface area contributed by atoms with Crippen LogP contribution in [0.1, 0.15) is 12.8 Å². The number of rotatable bonds is 2. The lowest BCUT2D eigenvalue weighted by atomic mass is 10.1. The number of aromatic nitrogens is 3. The van der Waals surface area contributed by atoms with Crippen LogP contribution >= 0.6 is 0 Å². The Morgan fingerprint density at radius 3 is 2.65 bits per heavy atom. The molecule has 0 saturated carbocycles. The summed E-state index contributed by atoms with van der Waals surface area (Å²) in [6.07, 6.45) is 4.47. The van der Waals surface area contributed by atoms with Gasteiger partial charge in [-0.15, -0.1) is 10.2 Å². The molecule has 0 radical (unpaired) electrons. The molecule has 1 aliphatic rings. The van der Waals surface area contributed by atoms with Gasteiger partial charge in [0, 0.05) is 35.8 Å². The molecule has 1 N–H and O–H groups in total. The summed E-state index contributed by atoms with van der Waals surface area (Å²) in [5, 5.41) is 9.96. The molecule has 1 aromatic carbocycles. The third-order valence-corrected chi connectivity index (χ3v) is 3.93. The molecule has 1 fully saturated rings. The van der Waals surface area contributed by atoms with Gasteiger partial charge in [-0.1, -0.05) is 6.07 Å².